The van der Waals surface area contributed by atoms with Gasteiger partial charge in [0.1, 0.15) is 0 Å². The van der Waals surface area contributed by atoms with E-state index < -0.39 is 0 Å². The highest BCUT2D eigenvalue weighted by atomic mass is 79.9. The Bertz CT molecular complexity index is 365. The lowest BCUT2D eigenvalue weighted by Crippen LogP contribution is -2.29. The number of carbonyl (C=O) groups excluding carboxylic acids is 1. The van der Waals surface area contributed by atoms with E-state index in [-0.39, 0.29) is 5.41 Å². The summed E-state index contributed by atoms with van der Waals surface area (Å²) < 4.78 is 1.07. The zero-order chi connectivity index (χ0) is 9.64. The smallest absolute Gasteiger partial charge is 0.169 e. The van der Waals surface area contributed by atoms with Crippen LogP contribution in [-0.2, 0) is 6.42 Å². The van der Waals surface area contributed by atoms with E-state index in [1.165, 1.54) is 4.88 Å². The van der Waals surface area contributed by atoms with Gasteiger partial charge in [-0.25, -0.2) is 0 Å². The van der Waals surface area contributed by atoms with Gasteiger partial charge in [0.15, 0.2) is 5.78 Å². The Morgan fingerprint density at radius 2 is 2.23 bits per heavy atom. The minimum absolute atomic E-state index is 0.159. The second kappa shape index (κ2) is 2.92. The van der Waals surface area contributed by atoms with Crippen molar-refractivity contribution >= 4 is 33.0 Å². The van der Waals surface area contributed by atoms with Crippen LogP contribution in [0.2, 0.25) is 0 Å². The molecule has 0 atom stereocenters. The fourth-order valence-corrected chi connectivity index (χ4v) is 3.37. The molecule has 13 heavy (non-hydrogen) atoms. The first-order valence-electron chi connectivity index (χ1n) is 4.34. The molecule has 3 heteroatoms. The number of halogens is 1. The molecule has 0 aromatic carbocycles. The van der Waals surface area contributed by atoms with Crippen LogP contribution in [0.5, 0.6) is 0 Å². The molecule has 0 amide bonds. The Labute approximate surface area is 90.3 Å². The number of Topliss-reactive ketones (excluding diaryl/α,β-unsaturated/α-hetero) is 1. The number of rotatable bonds is 0. The molecule has 1 nitrogen and oxygen atoms in total. The van der Waals surface area contributed by atoms with Gasteiger partial charge in [-0.05, 0) is 34.8 Å². The number of carbonyl (C=O) groups is 1. The van der Waals surface area contributed by atoms with Crippen molar-refractivity contribution in [1.82, 2.24) is 0 Å². The number of hydrogen-bond acceptors (Lipinski definition) is 2. The fourth-order valence-electron chi connectivity index (χ4n) is 1.68. The SMILES string of the molecule is CC1(C)CCc2sc(Br)cc2C1=O. The molecule has 1 aliphatic rings. The summed E-state index contributed by atoms with van der Waals surface area (Å²) in [5, 5.41) is 0. The van der Waals surface area contributed by atoms with Crippen molar-refractivity contribution in [2.45, 2.75) is 26.7 Å². The standard InChI is InChI=1S/C10H11BrOS/c1-10(2)4-3-7-6(9(10)12)5-8(11)13-7/h5H,3-4H2,1-2H3. The quantitative estimate of drug-likeness (QED) is 0.694. The van der Waals surface area contributed by atoms with Crippen molar-refractivity contribution in [3.8, 4) is 0 Å². The largest absolute Gasteiger partial charge is 0.294 e. The van der Waals surface area contributed by atoms with E-state index >= 15 is 0 Å². The molecule has 0 fully saturated rings. The summed E-state index contributed by atoms with van der Waals surface area (Å²) in [7, 11) is 0. The molecule has 1 heterocycles. The molecule has 2 rings (SSSR count). The molecule has 0 saturated heterocycles. The van der Waals surface area contributed by atoms with Gasteiger partial charge in [0.25, 0.3) is 0 Å². The molecule has 1 aromatic heterocycles. The topological polar surface area (TPSA) is 17.1 Å². The second-order valence-corrected chi connectivity index (χ2v) is 6.62. The normalized spacial score (nSPS) is 20.1. The molecule has 0 aliphatic heterocycles. The number of fused-ring (bicyclic) bond motifs is 1. The Hall–Kier alpha value is -0.150. The summed E-state index contributed by atoms with van der Waals surface area (Å²) in [6, 6.07) is 1.96. The molecule has 1 aromatic rings. The highest BCUT2D eigenvalue weighted by molar-refractivity contribution is 9.11. The molecule has 1 aliphatic carbocycles. The number of ketones is 1. The molecule has 0 spiro atoms. The lowest BCUT2D eigenvalue weighted by molar-refractivity contribution is 0.0813. The third-order valence-electron chi connectivity index (χ3n) is 2.62. The van der Waals surface area contributed by atoms with Crippen LogP contribution in [0.1, 0.15) is 35.5 Å². The maximum Gasteiger partial charge on any atom is 0.169 e. The Balaban J connectivity index is 2.51. The van der Waals surface area contributed by atoms with Crippen molar-refractivity contribution in [3.63, 3.8) is 0 Å². The summed E-state index contributed by atoms with van der Waals surface area (Å²) >= 11 is 5.11. The average molecular weight is 259 g/mol. The number of aryl methyl sites for hydroxylation is 1. The summed E-state index contributed by atoms with van der Waals surface area (Å²) in [5.41, 5.74) is 0.779. The van der Waals surface area contributed by atoms with Crippen LogP contribution in [0.25, 0.3) is 0 Å². The fraction of sp³-hybridized carbons (Fsp3) is 0.500. The van der Waals surface area contributed by atoms with Crippen LogP contribution in [0, 0.1) is 5.41 Å². The van der Waals surface area contributed by atoms with Crippen molar-refractivity contribution in [2.24, 2.45) is 5.41 Å². The molecule has 0 N–H and O–H groups in total. The van der Waals surface area contributed by atoms with Crippen LogP contribution in [-0.4, -0.2) is 5.78 Å². The Morgan fingerprint density at radius 3 is 2.92 bits per heavy atom. The summed E-state index contributed by atoms with van der Waals surface area (Å²) in [4.78, 5) is 13.2. The molecular formula is C10H11BrOS. The monoisotopic (exact) mass is 258 g/mol. The van der Waals surface area contributed by atoms with Crippen LogP contribution >= 0.6 is 27.3 Å². The van der Waals surface area contributed by atoms with Crippen molar-refractivity contribution in [2.75, 3.05) is 0 Å². The van der Waals surface area contributed by atoms with E-state index in [1.54, 1.807) is 11.3 Å². The number of hydrogen-bond donors (Lipinski definition) is 0. The zero-order valence-corrected chi connectivity index (χ0v) is 10.1. The molecule has 0 saturated carbocycles. The van der Waals surface area contributed by atoms with Gasteiger partial charge >= 0.3 is 0 Å². The molecular weight excluding hydrogens is 248 g/mol. The highest BCUT2D eigenvalue weighted by Crippen LogP contribution is 2.39. The Morgan fingerprint density at radius 1 is 1.54 bits per heavy atom. The third kappa shape index (κ3) is 1.48. The first-order valence-corrected chi connectivity index (χ1v) is 5.95. The van der Waals surface area contributed by atoms with Crippen LogP contribution in [0.3, 0.4) is 0 Å². The van der Waals surface area contributed by atoms with Gasteiger partial charge in [-0.1, -0.05) is 13.8 Å². The number of thiophene rings is 1. The first-order chi connectivity index (χ1) is 6.00. The van der Waals surface area contributed by atoms with E-state index in [0.717, 1.165) is 22.2 Å². The van der Waals surface area contributed by atoms with Gasteiger partial charge in [-0.15, -0.1) is 11.3 Å². The first kappa shape index (κ1) is 9.41. The third-order valence-corrected chi connectivity index (χ3v) is 4.31. The van der Waals surface area contributed by atoms with E-state index in [1.807, 2.05) is 19.9 Å². The zero-order valence-electron chi connectivity index (χ0n) is 7.69. The molecule has 0 radical (unpaired) electrons. The predicted octanol–water partition coefficient (Wildman–Crippen LogP) is 3.67. The van der Waals surface area contributed by atoms with Crippen LogP contribution in [0.4, 0.5) is 0 Å². The lowest BCUT2D eigenvalue weighted by atomic mass is 9.76. The van der Waals surface area contributed by atoms with E-state index in [9.17, 15) is 4.79 Å². The van der Waals surface area contributed by atoms with Gasteiger partial charge in [0.2, 0.25) is 0 Å². The van der Waals surface area contributed by atoms with Crippen LogP contribution < -0.4 is 0 Å². The van der Waals surface area contributed by atoms with Crippen molar-refractivity contribution in [3.05, 3.63) is 20.3 Å². The maximum atomic E-state index is 11.9. The summed E-state index contributed by atoms with van der Waals surface area (Å²) in [6.07, 6.45) is 2.02. The van der Waals surface area contributed by atoms with E-state index in [0.29, 0.717) is 5.78 Å². The van der Waals surface area contributed by atoms with E-state index in [4.69, 9.17) is 0 Å². The molecule has 0 unspecified atom stereocenters. The van der Waals surface area contributed by atoms with Crippen molar-refractivity contribution in [1.29, 1.82) is 0 Å². The molecule has 0 bridgehead atoms. The summed E-state index contributed by atoms with van der Waals surface area (Å²) in [6.45, 7) is 4.06. The Kier molecular flexibility index (Phi) is 2.11. The van der Waals surface area contributed by atoms with Gasteiger partial charge in [0.05, 0.1) is 3.79 Å². The highest BCUT2D eigenvalue weighted by Gasteiger charge is 2.35. The van der Waals surface area contributed by atoms with Gasteiger partial charge < -0.3 is 0 Å². The lowest BCUT2D eigenvalue weighted by Gasteiger charge is -2.27. The summed E-state index contributed by atoms with van der Waals surface area (Å²) in [5.74, 6) is 0.302. The van der Waals surface area contributed by atoms with Gasteiger partial charge in [-0.2, -0.15) is 0 Å². The average Bonchev–Trinajstić information content (AvgIpc) is 2.40. The van der Waals surface area contributed by atoms with E-state index in [2.05, 4.69) is 15.9 Å². The van der Waals surface area contributed by atoms with Gasteiger partial charge in [-0.3, -0.25) is 4.79 Å². The molecule has 70 valence electrons. The minimum atomic E-state index is -0.159. The minimum Gasteiger partial charge on any atom is -0.294 e. The van der Waals surface area contributed by atoms with Crippen LogP contribution in [0.15, 0.2) is 9.85 Å². The second-order valence-electron chi connectivity index (χ2n) is 4.10. The van der Waals surface area contributed by atoms with Crippen molar-refractivity contribution < 1.29 is 4.79 Å². The predicted molar refractivity (Wildman–Crippen MR) is 58.5 cm³/mol. The maximum absolute atomic E-state index is 11.9. The van der Waals surface area contributed by atoms with Gasteiger partial charge in [0, 0.05) is 15.9 Å².